The molecule has 5 heteroatoms. The summed E-state index contributed by atoms with van der Waals surface area (Å²) in [5.41, 5.74) is 0.142. The summed E-state index contributed by atoms with van der Waals surface area (Å²) in [6.45, 7) is 0.636. The van der Waals surface area contributed by atoms with Crippen LogP contribution >= 0.6 is 0 Å². The summed E-state index contributed by atoms with van der Waals surface area (Å²) in [6, 6.07) is 4.97. The summed E-state index contributed by atoms with van der Waals surface area (Å²) in [5.74, 6) is 0. The molecule has 0 unspecified atom stereocenters. The molecule has 1 aromatic rings. The molecule has 0 N–H and O–H groups in total. The first kappa shape index (κ1) is 12.5. The quantitative estimate of drug-likeness (QED) is 0.576. The summed E-state index contributed by atoms with van der Waals surface area (Å²) in [7, 11) is 0. The van der Waals surface area contributed by atoms with Crippen LogP contribution in [0.4, 0.5) is 13.2 Å². The van der Waals surface area contributed by atoms with Gasteiger partial charge in [0, 0.05) is 0 Å². The van der Waals surface area contributed by atoms with Gasteiger partial charge >= 0.3 is 6.18 Å². The zero-order valence-corrected chi connectivity index (χ0v) is 8.46. The molecule has 0 fully saturated rings. The van der Waals surface area contributed by atoms with Crippen molar-refractivity contribution in [3.05, 3.63) is 35.4 Å². The van der Waals surface area contributed by atoms with Crippen LogP contribution in [0.25, 0.3) is 0 Å². The molecule has 1 rings (SSSR count). The predicted octanol–water partition coefficient (Wildman–Crippen LogP) is 2.81. The molecule has 0 bridgehead atoms. The Morgan fingerprint density at radius 2 is 1.81 bits per heavy atom. The van der Waals surface area contributed by atoms with Gasteiger partial charge in [-0.05, 0) is 30.5 Å². The summed E-state index contributed by atoms with van der Waals surface area (Å²) in [4.78, 5) is 9.82. The lowest BCUT2D eigenvalue weighted by Crippen LogP contribution is -2.04. The van der Waals surface area contributed by atoms with Gasteiger partial charge in [0.25, 0.3) is 6.47 Å². The zero-order chi connectivity index (χ0) is 12.0. The molecule has 0 spiro atoms. The van der Waals surface area contributed by atoms with Gasteiger partial charge in [0.1, 0.15) is 0 Å². The smallest absolute Gasteiger partial charge is 0.416 e. The number of alkyl halides is 3. The van der Waals surface area contributed by atoms with E-state index in [1.54, 1.807) is 0 Å². The first-order valence-corrected chi connectivity index (χ1v) is 4.75. The molecule has 0 saturated heterocycles. The van der Waals surface area contributed by atoms with Gasteiger partial charge in [-0.25, -0.2) is 0 Å². The molecule has 1 aromatic carbocycles. The molecule has 88 valence electrons. The second kappa shape index (κ2) is 5.53. The monoisotopic (exact) mass is 232 g/mol. The van der Waals surface area contributed by atoms with Crippen molar-refractivity contribution in [2.24, 2.45) is 0 Å². The van der Waals surface area contributed by atoms with Crippen LogP contribution in [0.2, 0.25) is 0 Å². The number of carbonyl (C=O) groups is 1. The molecular formula is C11H11F3O2. The van der Waals surface area contributed by atoms with Crippen LogP contribution < -0.4 is 0 Å². The topological polar surface area (TPSA) is 26.3 Å². The maximum atomic E-state index is 12.2. The van der Waals surface area contributed by atoms with E-state index < -0.39 is 11.7 Å². The number of aryl methyl sites for hydroxylation is 1. The van der Waals surface area contributed by atoms with Crippen molar-refractivity contribution in [2.45, 2.75) is 19.0 Å². The maximum absolute atomic E-state index is 12.2. The lowest BCUT2D eigenvalue weighted by molar-refractivity contribution is -0.137. The molecule has 0 aliphatic heterocycles. The van der Waals surface area contributed by atoms with Crippen molar-refractivity contribution in [3.8, 4) is 0 Å². The Kier molecular flexibility index (Phi) is 4.34. The highest BCUT2D eigenvalue weighted by molar-refractivity contribution is 5.36. The second-order valence-electron chi connectivity index (χ2n) is 3.27. The molecule has 0 saturated carbocycles. The number of halogens is 3. The Labute approximate surface area is 91.0 Å². The Bertz CT molecular complexity index is 330. The average Bonchev–Trinajstić information content (AvgIpc) is 2.24. The number of hydrogen-bond donors (Lipinski definition) is 0. The molecule has 16 heavy (non-hydrogen) atoms. The number of ether oxygens (including phenoxy) is 1. The summed E-state index contributed by atoms with van der Waals surface area (Å²) in [6.07, 6.45) is -3.10. The van der Waals surface area contributed by atoms with E-state index in [1.807, 2.05) is 0 Å². The van der Waals surface area contributed by atoms with Gasteiger partial charge in [0.15, 0.2) is 0 Å². The largest absolute Gasteiger partial charge is 0.468 e. The Hall–Kier alpha value is -1.52. The third-order valence-corrected chi connectivity index (χ3v) is 2.08. The highest BCUT2D eigenvalue weighted by atomic mass is 19.4. The molecule has 0 aliphatic carbocycles. The van der Waals surface area contributed by atoms with E-state index in [0.717, 1.165) is 17.7 Å². The van der Waals surface area contributed by atoms with Crippen LogP contribution in [-0.4, -0.2) is 13.1 Å². The molecule has 0 atom stereocenters. The standard InChI is InChI=1S/C11H11F3O2/c12-11(13,14)10-5-3-9(4-6-10)2-1-7-16-8-15/h3-6,8H,1-2,7H2. The average molecular weight is 232 g/mol. The highest BCUT2D eigenvalue weighted by Crippen LogP contribution is 2.29. The lowest BCUT2D eigenvalue weighted by Gasteiger charge is -2.07. The molecule has 0 aromatic heterocycles. The number of benzene rings is 1. The first-order valence-electron chi connectivity index (χ1n) is 4.75. The van der Waals surface area contributed by atoms with Gasteiger partial charge in [-0.1, -0.05) is 12.1 Å². The minimum Gasteiger partial charge on any atom is -0.468 e. The minimum absolute atomic E-state index is 0.282. The van der Waals surface area contributed by atoms with Crippen LogP contribution in [-0.2, 0) is 22.1 Å². The second-order valence-corrected chi connectivity index (χ2v) is 3.27. The molecule has 0 heterocycles. The van der Waals surface area contributed by atoms with Gasteiger partial charge in [-0.3, -0.25) is 4.79 Å². The molecular weight excluding hydrogens is 221 g/mol. The fourth-order valence-corrected chi connectivity index (χ4v) is 1.27. The predicted molar refractivity (Wildman–Crippen MR) is 51.8 cm³/mol. The van der Waals surface area contributed by atoms with E-state index in [0.29, 0.717) is 19.3 Å². The van der Waals surface area contributed by atoms with Crippen LogP contribution in [0.5, 0.6) is 0 Å². The fourth-order valence-electron chi connectivity index (χ4n) is 1.27. The van der Waals surface area contributed by atoms with Crippen LogP contribution in [0.15, 0.2) is 24.3 Å². The Morgan fingerprint density at radius 1 is 1.19 bits per heavy atom. The van der Waals surface area contributed by atoms with E-state index in [1.165, 1.54) is 12.1 Å². The first-order chi connectivity index (χ1) is 7.54. The third kappa shape index (κ3) is 3.92. The van der Waals surface area contributed by atoms with E-state index >= 15 is 0 Å². The van der Waals surface area contributed by atoms with Gasteiger partial charge in [0.2, 0.25) is 0 Å². The number of hydrogen-bond acceptors (Lipinski definition) is 2. The highest BCUT2D eigenvalue weighted by Gasteiger charge is 2.29. The van der Waals surface area contributed by atoms with E-state index in [9.17, 15) is 18.0 Å². The zero-order valence-electron chi connectivity index (χ0n) is 8.46. The van der Waals surface area contributed by atoms with Crippen LogP contribution in [0, 0.1) is 0 Å². The van der Waals surface area contributed by atoms with Crippen molar-refractivity contribution < 1.29 is 22.7 Å². The molecule has 0 amide bonds. The number of rotatable bonds is 5. The summed E-state index contributed by atoms with van der Waals surface area (Å²) < 4.78 is 41.1. The van der Waals surface area contributed by atoms with Gasteiger partial charge < -0.3 is 4.74 Å². The Balaban J connectivity index is 2.48. The third-order valence-electron chi connectivity index (χ3n) is 2.08. The van der Waals surface area contributed by atoms with Crippen LogP contribution in [0.1, 0.15) is 17.5 Å². The summed E-state index contributed by atoms with van der Waals surface area (Å²) >= 11 is 0. The van der Waals surface area contributed by atoms with E-state index in [2.05, 4.69) is 4.74 Å². The van der Waals surface area contributed by atoms with Crippen molar-refractivity contribution in [1.29, 1.82) is 0 Å². The van der Waals surface area contributed by atoms with Gasteiger partial charge in [-0.15, -0.1) is 0 Å². The van der Waals surface area contributed by atoms with Crippen LogP contribution in [0.3, 0.4) is 0 Å². The van der Waals surface area contributed by atoms with E-state index in [-0.39, 0.29) is 6.61 Å². The van der Waals surface area contributed by atoms with Crippen molar-refractivity contribution in [3.63, 3.8) is 0 Å². The SMILES string of the molecule is O=COCCCc1ccc(C(F)(F)F)cc1. The normalized spacial score (nSPS) is 11.2. The van der Waals surface area contributed by atoms with Crippen molar-refractivity contribution in [2.75, 3.05) is 6.61 Å². The summed E-state index contributed by atoms with van der Waals surface area (Å²) in [5, 5.41) is 0. The van der Waals surface area contributed by atoms with Gasteiger partial charge in [-0.2, -0.15) is 13.2 Å². The fraction of sp³-hybridized carbons (Fsp3) is 0.364. The van der Waals surface area contributed by atoms with Crippen molar-refractivity contribution in [1.82, 2.24) is 0 Å². The van der Waals surface area contributed by atoms with E-state index in [4.69, 9.17) is 0 Å². The van der Waals surface area contributed by atoms with Crippen molar-refractivity contribution >= 4 is 6.47 Å². The Morgan fingerprint density at radius 3 is 2.31 bits per heavy atom. The maximum Gasteiger partial charge on any atom is 0.416 e. The molecule has 0 aliphatic rings. The van der Waals surface area contributed by atoms with Gasteiger partial charge in [0.05, 0.1) is 12.2 Å². The lowest BCUT2D eigenvalue weighted by atomic mass is 10.1. The molecule has 0 radical (unpaired) electrons. The minimum atomic E-state index is -4.29. The number of carbonyl (C=O) groups excluding carboxylic acids is 1. The molecule has 2 nitrogen and oxygen atoms in total.